The molecule has 0 aromatic heterocycles. The Kier molecular flexibility index (Phi) is 9.70. The molecule has 0 spiro atoms. The summed E-state index contributed by atoms with van der Waals surface area (Å²) in [6, 6.07) is 5.69. The lowest BCUT2D eigenvalue weighted by atomic mass is 10.0. The van der Waals surface area contributed by atoms with Gasteiger partial charge in [0, 0.05) is 8.96 Å². The minimum Gasteiger partial charge on any atom is -0.388 e. The Hall–Kier alpha value is -0.303. The molecule has 0 aromatic carbocycles. The van der Waals surface area contributed by atoms with Crippen molar-refractivity contribution in [3.63, 3.8) is 0 Å². The highest BCUT2D eigenvalue weighted by atomic mass is 28.2. The lowest BCUT2D eigenvalue weighted by Crippen LogP contribution is -2.14. The summed E-state index contributed by atoms with van der Waals surface area (Å²) >= 11 is 0. The van der Waals surface area contributed by atoms with Gasteiger partial charge in [-0.25, -0.2) is 0 Å². The predicted molar refractivity (Wildman–Crippen MR) is 73.0 cm³/mol. The molecule has 0 aromatic rings. The molecule has 0 bridgehead atoms. The molecule has 2 heteroatoms. The molecule has 0 heterocycles. The largest absolute Gasteiger partial charge is 0.388 e. The van der Waals surface area contributed by atoms with E-state index in [2.05, 4.69) is 26.8 Å². The van der Waals surface area contributed by atoms with E-state index in [1.54, 1.807) is 0 Å². The van der Waals surface area contributed by atoms with E-state index in [-0.39, 0.29) is 15.1 Å². The van der Waals surface area contributed by atoms with Crippen molar-refractivity contribution in [1.82, 2.24) is 0 Å². The van der Waals surface area contributed by atoms with Crippen molar-refractivity contribution < 1.29 is 5.11 Å². The molecule has 0 saturated heterocycles. The summed E-state index contributed by atoms with van der Waals surface area (Å²) in [6.45, 7) is 6.47. The van der Waals surface area contributed by atoms with Crippen LogP contribution in [0.2, 0.25) is 0 Å². The van der Waals surface area contributed by atoms with E-state index in [0.29, 0.717) is 5.92 Å². The van der Waals surface area contributed by atoms with Crippen molar-refractivity contribution in [1.29, 1.82) is 0 Å². The molecule has 0 aliphatic carbocycles. The van der Waals surface area contributed by atoms with Gasteiger partial charge in [-0.15, -0.1) is 0 Å². The number of rotatable bonds is 8. The highest BCUT2D eigenvalue weighted by molar-refractivity contribution is 6.33. The molecule has 1 unspecified atom stereocenters. The van der Waals surface area contributed by atoms with Crippen LogP contribution in [0.25, 0.3) is 0 Å². The fraction of sp³-hybridized carbons (Fsp3) is 0.786. The molecule has 92 valence electrons. The molecule has 1 N–H and O–H groups in total. The van der Waals surface area contributed by atoms with Gasteiger partial charge in [0.1, 0.15) is 0 Å². The molecule has 1 atom stereocenters. The monoisotopic (exact) mass is 238 g/mol. The van der Waals surface area contributed by atoms with Crippen molar-refractivity contribution in [3.8, 4) is 6.00 Å². The van der Waals surface area contributed by atoms with E-state index in [9.17, 15) is 5.11 Å². The van der Waals surface area contributed by atoms with Crippen LogP contribution < -0.4 is 0 Å². The third-order valence-electron chi connectivity index (χ3n) is 2.64. The van der Waals surface area contributed by atoms with Gasteiger partial charge in [-0.1, -0.05) is 46.1 Å². The molecular weight excluding hydrogens is 212 g/mol. The van der Waals surface area contributed by atoms with E-state index >= 15 is 0 Å². The van der Waals surface area contributed by atoms with Gasteiger partial charge in [-0.05, 0) is 30.4 Å². The van der Waals surface area contributed by atoms with Gasteiger partial charge in [-0.2, -0.15) is 6.00 Å². The maximum atomic E-state index is 9.94. The van der Waals surface area contributed by atoms with Crippen molar-refractivity contribution >= 4 is 8.96 Å². The first-order chi connectivity index (χ1) is 7.61. The van der Waals surface area contributed by atoms with Gasteiger partial charge in [0.15, 0.2) is 0 Å². The van der Waals surface area contributed by atoms with Crippen LogP contribution in [-0.4, -0.2) is 20.2 Å². The van der Waals surface area contributed by atoms with Gasteiger partial charge < -0.3 is 5.11 Å². The Morgan fingerprint density at radius 3 is 2.50 bits per heavy atom. The molecule has 0 aliphatic heterocycles. The van der Waals surface area contributed by atoms with Crippen molar-refractivity contribution in [2.75, 3.05) is 0 Å². The van der Waals surface area contributed by atoms with E-state index in [1.807, 2.05) is 0 Å². The third kappa shape index (κ3) is 7.92. The van der Waals surface area contributed by atoms with Crippen LogP contribution in [0.15, 0.2) is 11.3 Å². The molecule has 1 nitrogen and oxygen atoms in total. The number of unbranched alkanes of at least 4 members (excludes halogenated alkanes) is 4. The SMILES string of the molecule is C#[Si]C(=CCCCCCC)C(O)CC(C)C. The van der Waals surface area contributed by atoms with Gasteiger partial charge in [0.2, 0.25) is 0 Å². The van der Waals surface area contributed by atoms with Gasteiger partial charge in [-0.3, -0.25) is 0 Å². The third-order valence-corrected chi connectivity index (χ3v) is 3.51. The predicted octanol–water partition coefficient (Wildman–Crippen LogP) is 3.54. The average molecular weight is 238 g/mol. The second-order valence-corrected chi connectivity index (χ2v) is 5.66. The number of aliphatic hydroxyl groups excluding tert-OH is 1. The molecule has 0 saturated carbocycles. The molecule has 0 fully saturated rings. The first-order valence-electron chi connectivity index (χ1n) is 6.46. The second kappa shape index (κ2) is 9.89. The normalized spacial score (nSPS) is 13.9. The number of allylic oxidation sites excluding steroid dienone is 1. The quantitative estimate of drug-likeness (QED) is 0.506. The summed E-state index contributed by atoms with van der Waals surface area (Å²) in [7, 11) is 0.252. The lowest BCUT2D eigenvalue weighted by Gasteiger charge is -2.13. The smallest absolute Gasteiger partial charge is 0.0812 e. The molecule has 0 amide bonds. The van der Waals surface area contributed by atoms with Crippen LogP contribution in [0.1, 0.15) is 59.3 Å². The van der Waals surface area contributed by atoms with Crippen LogP contribution in [-0.2, 0) is 0 Å². The van der Waals surface area contributed by atoms with E-state index in [1.165, 1.54) is 25.7 Å². The van der Waals surface area contributed by atoms with Gasteiger partial charge in [0.05, 0.1) is 6.10 Å². The summed E-state index contributed by atoms with van der Waals surface area (Å²) in [4.78, 5) is 0. The van der Waals surface area contributed by atoms with Crippen molar-refractivity contribution in [3.05, 3.63) is 11.3 Å². The summed E-state index contributed by atoms with van der Waals surface area (Å²) in [5.41, 5.74) is 0. The lowest BCUT2D eigenvalue weighted by molar-refractivity contribution is 0.190. The van der Waals surface area contributed by atoms with Crippen molar-refractivity contribution in [2.45, 2.75) is 65.4 Å². The Morgan fingerprint density at radius 1 is 1.31 bits per heavy atom. The highest BCUT2D eigenvalue weighted by Crippen LogP contribution is 2.12. The van der Waals surface area contributed by atoms with E-state index < -0.39 is 0 Å². The van der Waals surface area contributed by atoms with E-state index in [4.69, 9.17) is 6.00 Å². The molecule has 0 rings (SSSR count). The summed E-state index contributed by atoms with van der Waals surface area (Å²) in [5.74, 6) is 0.523. The van der Waals surface area contributed by atoms with E-state index in [0.717, 1.165) is 18.0 Å². The van der Waals surface area contributed by atoms with Crippen LogP contribution >= 0.6 is 0 Å². The molecule has 16 heavy (non-hydrogen) atoms. The number of aliphatic hydroxyl groups is 1. The summed E-state index contributed by atoms with van der Waals surface area (Å²) in [6.07, 6.45) is 8.80. The Balaban J connectivity index is 3.97. The number of hydrogen-bond donors (Lipinski definition) is 1. The van der Waals surface area contributed by atoms with Crippen LogP contribution in [0.5, 0.6) is 0 Å². The first kappa shape index (κ1) is 15.7. The zero-order valence-corrected chi connectivity index (χ0v) is 12.0. The minimum atomic E-state index is -0.325. The maximum absolute atomic E-state index is 9.94. The number of hydrogen-bond acceptors (Lipinski definition) is 1. The summed E-state index contributed by atoms with van der Waals surface area (Å²) in [5, 5.41) is 11.0. The Bertz CT molecular complexity index is 238. The molecular formula is C14H26OSi. The fourth-order valence-corrected chi connectivity index (χ4v) is 2.27. The highest BCUT2D eigenvalue weighted by Gasteiger charge is 2.09. The van der Waals surface area contributed by atoms with Gasteiger partial charge in [0.25, 0.3) is 0 Å². The Labute approximate surface area is 103 Å². The van der Waals surface area contributed by atoms with Crippen LogP contribution in [0.4, 0.5) is 0 Å². The standard InChI is InChI=1S/C14H26OSi/c1-5-6-7-8-9-10-14(16-4)13(15)11-12(2)3/h4,10,12-13,15H,5-9,11H2,1-3H3. The first-order valence-corrected chi connectivity index (χ1v) is 7.54. The van der Waals surface area contributed by atoms with Crippen LogP contribution in [0, 0.1) is 11.9 Å². The Morgan fingerprint density at radius 2 is 2.00 bits per heavy atom. The topological polar surface area (TPSA) is 20.2 Å². The second-order valence-electron chi connectivity index (χ2n) is 4.80. The molecule has 0 aliphatic rings. The molecule has 0 radical (unpaired) electrons. The van der Waals surface area contributed by atoms with Crippen molar-refractivity contribution in [2.24, 2.45) is 5.92 Å². The maximum Gasteiger partial charge on any atom is 0.0812 e. The fourth-order valence-electron chi connectivity index (χ4n) is 1.69. The minimum absolute atomic E-state index is 0.252. The zero-order valence-electron chi connectivity index (χ0n) is 11.0. The van der Waals surface area contributed by atoms with Crippen LogP contribution in [0.3, 0.4) is 0 Å². The summed E-state index contributed by atoms with van der Waals surface area (Å²) < 4.78 is 0. The average Bonchev–Trinajstić information content (AvgIpc) is 2.22. The van der Waals surface area contributed by atoms with Gasteiger partial charge >= 0.3 is 0 Å². The zero-order chi connectivity index (χ0) is 12.4.